The summed E-state index contributed by atoms with van der Waals surface area (Å²) in [5, 5.41) is 3.33. The summed E-state index contributed by atoms with van der Waals surface area (Å²) in [5.74, 6) is 1.03. The molecule has 1 amide bonds. The number of hydrogen-bond donors (Lipinski definition) is 1. The molecule has 1 aromatic heterocycles. The summed E-state index contributed by atoms with van der Waals surface area (Å²) >= 11 is 0. The van der Waals surface area contributed by atoms with Crippen molar-refractivity contribution in [3.63, 3.8) is 0 Å². The number of amides is 1. The van der Waals surface area contributed by atoms with E-state index in [4.69, 9.17) is 0 Å². The van der Waals surface area contributed by atoms with Crippen molar-refractivity contribution in [1.29, 1.82) is 0 Å². The Morgan fingerprint density at radius 2 is 1.90 bits per heavy atom. The number of rotatable bonds is 7. The second-order valence-corrected chi connectivity index (χ2v) is 9.76. The Labute approximate surface area is 182 Å². The number of piperidine rings is 1. The van der Waals surface area contributed by atoms with Gasteiger partial charge in [-0.2, -0.15) is 0 Å². The van der Waals surface area contributed by atoms with Crippen LogP contribution in [0.15, 0.2) is 54.7 Å². The van der Waals surface area contributed by atoms with E-state index in [1.807, 2.05) is 45.2 Å². The van der Waals surface area contributed by atoms with Gasteiger partial charge in [0, 0.05) is 18.2 Å². The largest absolute Gasteiger partial charge is 0.347 e. The molecule has 2 heterocycles. The van der Waals surface area contributed by atoms with E-state index in [0.717, 1.165) is 38.2 Å². The summed E-state index contributed by atoms with van der Waals surface area (Å²) in [5.41, 5.74) is 1.97. The zero-order chi connectivity index (χ0) is 21.6. The maximum Gasteiger partial charge on any atom is 0.225 e. The quantitative estimate of drug-likeness (QED) is 0.687. The Kier molecular flexibility index (Phi) is 7.65. The lowest BCUT2D eigenvalue weighted by atomic mass is 9.86. The lowest BCUT2D eigenvalue weighted by Gasteiger charge is -2.38. The summed E-state index contributed by atoms with van der Waals surface area (Å²) in [6.07, 6.45) is 5.27. The van der Waals surface area contributed by atoms with Crippen LogP contribution < -0.4 is 5.32 Å². The van der Waals surface area contributed by atoms with Crippen molar-refractivity contribution in [2.24, 2.45) is 11.3 Å². The second-order valence-electron chi connectivity index (χ2n) is 9.76. The van der Waals surface area contributed by atoms with Crippen LogP contribution in [-0.4, -0.2) is 35.4 Å². The van der Waals surface area contributed by atoms with Gasteiger partial charge in [0.1, 0.15) is 0 Å². The average molecular weight is 408 g/mol. The molecule has 2 aromatic rings. The molecule has 30 heavy (non-hydrogen) atoms. The number of nitrogens with zero attached hydrogens (tertiary/aromatic N) is 2. The first-order chi connectivity index (χ1) is 14.3. The topological polar surface area (TPSA) is 45.2 Å². The molecule has 1 saturated heterocycles. The molecule has 3 atom stereocenters. The molecule has 4 nitrogen and oxygen atoms in total. The third kappa shape index (κ3) is 6.15. The van der Waals surface area contributed by atoms with Crippen molar-refractivity contribution in [1.82, 2.24) is 15.2 Å². The highest BCUT2D eigenvalue weighted by Crippen LogP contribution is 2.31. The van der Waals surface area contributed by atoms with Gasteiger partial charge in [0.25, 0.3) is 0 Å². The van der Waals surface area contributed by atoms with Gasteiger partial charge in [-0.05, 0) is 61.9 Å². The lowest BCUT2D eigenvalue weighted by Crippen LogP contribution is -2.46. The van der Waals surface area contributed by atoms with Gasteiger partial charge in [0.2, 0.25) is 5.91 Å². The minimum atomic E-state index is -0.410. The maximum atomic E-state index is 12.8. The fraction of sp³-hybridized carbons (Fsp3) is 0.538. The number of benzene rings is 1. The number of hydrogen-bond acceptors (Lipinski definition) is 3. The predicted molar refractivity (Wildman–Crippen MR) is 123 cm³/mol. The highest BCUT2D eigenvalue weighted by molar-refractivity contribution is 5.81. The highest BCUT2D eigenvalue weighted by atomic mass is 16.2. The first-order valence-corrected chi connectivity index (χ1v) is 11.3. The van der Waals surface area contributed by atoms with E-state index in [0.29, 0.717) is 11.8 Å². The standard InChI is InChI=1S/C26H37N3O/c1-20(21-11-6-5-7-12-21)15-18-29-17-10-13-22(19-29)24(23-14-8-9-16-27-23)28-25(30)26(2,3)4/h5-9,11-12,14,16,20,22,24H,10,13,15,17-19H2,1-4H3,(H,28,30). The molecule has 1 aliphatic heterocycles. The molecule has 3 unspecified atom stereocenters. The Hall–Kier alpha value is -2.20. The molecule has 0 spiro atoms. The van der Waals surface area contributed by atoms with E-state index >= 15 is 0 Å². The van der Waals surface area contributed by atoms with Crippen molar-refractivity contribution in [2.75, 3.05) is 19.6 Å². The molecule has 162 valence electrons. The first-order valence-electron chi connectivity index (χ1n) is 11.3. The first kappa shape index (κ1) is 22.5. The molecule has 0 saturated carbocycles. The Balaban J connectivity index is 1.66. The van der Waals surface area contributed by atoms with Crippen LogP contribution in [0.1, 0.15) is 70.2 Å². The number of carbonyl (C=O) groups excluding carboxylic acids is 1. The van der Waals surface area contributed by atoms with E-state index in [-0.39, 0.29) is 11.9 Å². The molecule has 1 aliphatic rings. The summed E-state index contributed by atoms with van der Waals surface area (Å²) in [7, 11) is 0. The van der Waals surface area contributed by atoms with Gasteiger partial charge in [-0.1, -0.05) is 64.1 Å². The minimum Gasteiger partial charge on any atom is -0.347 e. The zero-order valence-corrected chi connectivity index (χ0v) is 19.0. The third-order valence-electron chi connectivity index (χ3n) is 6.23. The Morgan fingerprint density at radius 3 is 2.57 bits per heavy atom. The lowest BCUT2D eigenvalue weighted by molar-refractivity contribution is -0.130. The third-order valence-corrected chi connectivity index (χ3v) is 6.23. The van der Waals surface area contributed by atoms with Crippen molar-refractivity contribution in [3.8, 4) is 0 Å². The molecular formula is C26H37N3O. The SMILES string of the molecule is CC(CCN1CCCC(C(NC(=O)C(C)(C)C)c2ccccn2)C1)c1ccccc1. The van der Waals surface area contributed by atoms with Crippen LogP contribution in [0.25, 0.3) is 0 Å². The van der Waals surface area contributed by atoms with Crippen molar-refractivity contribution >= 4 is 5.91 Å². The minimum absolute atomic E-state index is 0.0349. The van der Waals surface area contributed by atoms with Gasteiger partial charge >= 0.3 is 0 Å². The van der Waals surface area contributed by atoms with Gasteiger partial charge in [0.05, 0.1) is 11.7 Å². The van der Waals surface area contributed by atoms with Gasteiger partial charge < -0.3 is 10.2 Å². The van der Waals surface area contributed by atoms with Crippen molar-refractivity contribution < 1.29 is 4.79 Å². The van der Waals surface area contributed by atoms with Gasteiger partial charge in [-0.25, -0.2) is 0 Å². The molecule has 4 heteroatoms. The van der Waals surface area contributed by atoms with Gasteiger partial charge in [-0.3, -0.25) is 9.78 Å². The van der Waals surface area contributed by atoms with Crippen LogP contribution in [0.5, 0.6) is 0 Å². The molecule has 1 fully saturated rings. The van der Waals surface area contributed by atoms with E-state index in [2.05, 4.69) is 52.5 Å². The second kappa shape index (κ2) is 10.2. The van der Waals surface area contributed by atoms with Crippen LogP contribution in [0.2, 0.25) is 0 Å². The van der Waals surface area contributed by atoms with Gasteiger partial charge in [-0.15, -0.1) is 0 Å². The molecule has 0 aliphatic carbocycles. The number of pyridine rings is 1. The fourth-order valence-corrected chi connectivity index (χ4v) is 4.24. The van der Waals surface area contributed by atoms with Crippen molar-refractivity contribution in [2.45, 2.75) is 58.9 Å². The van der Waals surface area contributed by atoms with E-state index in [1.54, 1.807) is 0 Å². The van der Waals surface area contributed by atoms with Crippen LogP contribution in [-0.2, 0) is 4.79 Å². The normalized spacial score (nSPS) is 19.8. The monoisotopic (exact) mass is 407 g/mol. The number of carbonyl (C=O) groups is 1. The Bertz CT molecular complexity index is 785. The summed E-state index contributed by atoms with van der Waals surface area (Å²) < 4.78 is 0. The molecule has 0 radical (unpaired) electrons. The van der Waals surface area contributed by atoms with E-state index in [1.165, 1.54) is 12.0 Å². The molecule has 1 aromatic carbocycles. The summed E-state index contributed by atoms with van der Waals surface area (Å²) in [4.78, 5) is 20.0. The molecule has 0 bridgehead atoms. The number of aromatic nitrogens is 1. The van der Waals surface area contributed by atoms with Crippen LogP contribution in [0.3, 0.4) is 0 Å². The van der Waals surface area contributed by atoms with E-state index < -0.39 is 5.41 Å². The number of nitrogens with one attached hydrogen (secondary N) is 1. The van der Waals surface area contributed by atoms with Crippen molar-refractivity contribution in [3.05, 3.63) is 66.0 Å². The van der Waals surface area contributed by atoms with E-state index in [9.17, 15) is 4.79 Å². The average Bonchev–Trinajstić information content (AvgIpc) is 2.76. The van der Waals surface area contributed by atoms with Crippen LogP contribution in [0, 0.1) is 11.3 Å². The van der Waals surface area contributed by atoms with Crippen LogP contribution in [0.4, 0.5) is 0 Å². The zero-order valence-electron chi connectivity index (χ0n) is 19.0. The van der Waals surface area contributed by atoms with Gasteiger partial charge in [0.15, 0.2) is 0 Å². The fourth-order valence-electron chi connectivity index (χ4n) is 4.24. The Morgan fingerprint density at radius 1 is 1.17 bits per heavy atom. The number of likely N-dealkylation sites (tertiary alicyclic amines) is 1. The predicted octanol–water partition coefficient (Wildman–Crippen LogP) is 5.19. The molecule has 3 rings (SSSR count). The smallest absolute Gasteiger partial charge is 0.225 e. The molecule has 1 N–H and O–H groups in total. The highest BCUT2D eigenvalue weighted by Gasteiger charge is 2.33. The molecular weight excluding hydrogens is 370 g/mol. The summed E-state index contributed by atoms with van der Waals surface area (Å²) in [6.45, 7) is 11.5. The van der Waals surface area contributed by atoms with Crippen LogP contribution >= 0.6 is 0 Å². The maximum absolute atomic E-state index is 12.8. The summed E-state index contributed by atoms with van der Waals surface area (Å²) in [6, 6.07) is 16.7.